The second-order valence-corrected chi connectivity index (χ2v) is 6.23. The summed E-state index contributed by atoms with van der Waals surface area (Å²) in [4.78, 5) is 0. The number of allylic oxidation sites excluding steroid dienone is 4. The molecule has 0 aliphatic heterocycles. The lowest BCUT2D eigenvalue weighted by molar-refractivity contribution is 0.504. The van der Waals surface area contributed by atoms with Crippen LogP contribution in [-0.4, -0.2) is 11.8 Å². The maximum absolute atomic E-state index is 6.23. The molecule has 0 bridgehead atoms. The number of hydrogen-bond acceptors (Lipinski definition) is 0. The summed E-state index contributed by atoms with van der Waals surface area (Å²) in [6, 6.07) is 0. The molecule has 0 unspecified atom stereocenters. The number of alkyl halides is 2. The molecular weight excluding hydrogens is 333 g/mol. The van der Waals surface area contributed by atoms with Crippen molar-refractivity contribution in [2.75, 3.05) is 11.8 Å². The number of hydrogen-bond donors (Lipinski definition) is 0. The van der Waals surface area contributed by atoms with E-state index in [0.29, 0.717) is 20.1 Å². The molecule has 0 spiro atoms. The highest BCUT2D eigenvalue weighted by Gasteiger charge is 2.47. The molecule has 0 aromatic rings. The van der Waals surface area contributed by atoms with Gasteiger partial charge >= 0.3 is 0 Å². The minimum Gasteiger partial charge on any atom is -0.125 e. The van der Waals surface area contributed by atoms with Crippen LogP contribution in [0.5, 0.6) is 0 Å². The molecule has 0 saturated carbocycles. The Bertz CT molecular complexity index is 308. The molecule has 0 fully saturated rings. The molecule has 0 amide bonds. The van der Waals surface area contributed by atoms with Crippen LogP contribution in [0, 0.1) is 10.8 Å². The van der Waals surface area contributed by atoms with Gasteiger partial charge < -0.3 is 0 Å². The van der Waals surface area contributed by atoms with Crippen LogP contribution in [0.2, 0.25) is 0 Å². The van der Waals surface area contributed by atoms with Crippen molar-refractivity contribution in [3.05, 3.63) is 20.1 Å². The fraction of sp³-hybridized carbons (Fsp3) is 0.600. The van der Waals surface area contributed by atoms with Gasteiger partial charge in [0.15, 0.2) is 0 Å². The third-order valence-electron chi connectivity index (χ3n) is 2.86. The monoisotopic (exact) mass is 340 g/mol. The maximum Gasteiger partial charge on any atom is 0.0548 e. The molecule has 1 rings (SSSR count). The molecule has 0 heterocycles. The van der Waals surface area contributed by atoms with Crippen molar-refractivity contribution in [2.24, 2.45) is 10.8 Å². The predicted molar refractivity (Wildman–Crippen MR) is 75.1 cm³/mol. The quantitative estimate of drug-likeness (QED) is 0.550. The summed E-state index contributed by atoms with van der Waals surface area (Å²) in [5.41, 5.74) is -1.46. The largest absolute Gasteiger partial charge is 0.125 e. The second-order valence-electron chi connectivity index (χ2n) is 4.19. The zero-order valence-electron chi connectivity index (χ0n) is 8.68. The van der Waals surface area contributed by atoms with Crippen molar-refractivity contribution in [1.82, 2.24) is 0 Å². The van der Waals surface area contributed by atoms with Gasteiger partial charge in [-0.15, -0.1) is 23.2 Å². The average molecular weight is 343 g/mol. The van der Waals surface area contributed by atoms with E-state index in [1.165, 1.54) is 0 Å². The third-order valence-corrected chi connectivity index (χ3v) is 6.54. The molecule has 0 radical (unpaired) electrons. The second kappa shape index (κ2) is 5.07. The molecule has 0 N–H and O–H groups in total. The van der Waals surface area contributed by atoms with Crippen molar-refractivity contribution in [2.45, 2.75) is 13.8 Å². The Morgan fingerprint density at radius 3 is 1.00 bits per heavy atom. The van der Waals surface area contributed by atoms with Crippen molar-refractivity contribution in [3.63, 3.8) is 0 Å². The van der Waals surface area contributed by atoms with E-state index in [-0.39, 0.29) is 11.8 Å². The lowest BCUT2D eigenvalue weighted by Gasteiger charge is -2.40. The fourth-order valence-electron chi connectivity index (χ4n) is 1.40. The van der Waals surface area contributed by atoms with Crippen LogP contribution in [0.15, 0.2) is 20.1 Å². The van der Waals surface area contributed by atoms with E-state index >= 15 is 0 Å². The smallest absolute Gasteiger partial charge is 0.0548 e. The standard InChI is InChI=1S/C10H10Cl6/c1-9(3-11)5(13)7(15)10(2,4-12)8(16)6(9)14/h3-4H2,1-2H3. The molecule has 6 heteroatoms. The third kappa shape index (κ3) is 2.00. The van der Waals surface area contributed by atoms with E-state index in [9.17, 15) is 0 Å². The van der Waals surface area contributed by atoms with Crippen molar-refractivity contribution in [1.29, 1.82) is 0 Å². The highest BCUT2D eigenvalue weighted by molar-refractivity contribution is 6.47. The minimum absolute atomic E-state index is 0.204. The zero-order valence-corrected chi connectivity index (χ0v) is 13.2. The Kier molecular flexibility index (Phi) is 4.84. The molecule has 0 aromatic carbocycles. The Hall–Kier alpha value is 1.22. The summed E-state index contributed by atoms with van der Waals surface area (Å²) < 4.78 is 0. The Balaban J connectivity index is 3.49. The Morgan fingerprint density at radius 2 is 0.875 bits per heavy atom. The van der Waals surface area contributed by atoms with E-state index in [1.807, 2.05) is 0 Å². The van der Waals surface area contributed by atoms with Crippen LogP contribution in [0.25, 0.3) is 0 Å². The SMILES string of the molecule is CC1(CCl)C(Cl)=C(Cl)C(C)(CCl)C(Cl)=C1Cl. The first kappa shape index (κ1) is 15.3. The molecule has 16 heavy (non-hydrogen) atoms. The molecule has 92 valence electrons. The van der Waals surface area contributed by atoms with E-state index < -0.39 is 10.8 Å². The van der Waals surface area contributed by atoms with Crippen LogP contribution in [0.4, 0.5) is 0 Å². The maximum atomic E-state index is 6.23. The van der Waals surface area contributed by atoms with Crippen molar-refractivity contribution >= 4 is 69.6 Å². The first-order valence-corrected chi connectivity index (χ1v) is 7.08. The molecule has 0 aromatic heterocycles. The molecule has 0 saturated heterocycles. The van der Waals surface area contributed by atoms with Gasteiger partial charge in [0.1, 0.15) is 0 Å². The van der Waals surface area contributed by atoms with Gasteiger partial charge in [0.2, 0.25) is 0 Å². The van der Waals surface area contributed by atoms with Crippen LogP contribution < -0.4 is 0 Å². The molecular formula is C10H10Cl6. The summed E-state index contributed by atoms with van der Waals surface area (Å²) in [6.45, 7) is 3.59. The van der Waals surface area contributed by atoms with Gasteiger partial charge in [0, 0.05) is 31.9 Å². The van der Waals surface area contributed by atoms with Crippen LogP contribution >= 0.6 is 69.6 Å². The van der Waals surface area contributed by atoms with E-state index in [1.54, 1.807) is 13.8 Å². The van der Waals surface area contributed by atoms with E-state index in [2.05, 4.69) is 0 Å². The summed E-state index contributed by atoms with van der Waals surface area (Å²) in [5, 5.41) is 1.62. The Morgan fingerprint density at radius 1 is 0.688 bits per heavy atom. The fourth-order valence-corrected chi connectivity index (χ4v) is 3.78. The predicted octanol–water partition coefficient (Wildman–Crippen LogP) is 5.87. The topological polar surface area (TPSA) is 0 Å². The Labute approximate surface area is 125 Å². The van der Waals surface area contributed by atoms with Gasteiger partial charge in [0.05, 0.1) is 10.8 Å². The molecule has 0 nitrogen and oxygen atoms in total. The van der Waals surface area contributed by atoms with E-state index in [4.69, 9.17) is 69.6 Å². The van der Waals surface area contributed by atoms with E-state index in [0.717, 1.165) is 0 Å². The summed E-state index contributed by atoms with van der Waals surface area (Å²) in [7, 11) is 0. The zero-order chi connectivity index (χ0) is 12.7. The lowest BCUT2D eigenvalue weighted by Crippen LogP contribution is -2.33. The summed E-state index contributed by atoms with van der Waals surface area (Å²) in [6.07, 6.45) is 0. The van der Waals surface area contributed by atoms with Gasteiger partial charge in [-0.25, -0.2) is 0 Å². The van der Waals surface area contributed by atoms with Gasteiger partial charge in [-0.05, 0) is 13.8 Å². The van der Waals surface area contributed by atoms with Gasteiger partial charge in [-0.1, -0.05) is 46.4 Å². The van der Waals surface area contributed by atoms with Gasteiger partial charge in [0.25, 0.3) is 0 Å². The lowest BCUT2D eigenvalue weighted by atomic mass is 9.77. The van der Waals surface area contributed by atoms with Crippen LogP contribution in [0.1, 0.15) is 13.8 Å². The summed E-state index contributed by atoms with van der Waals surface area (Å²) in [5.74, 6) is 0.408. The first-order valence-electron chi connectivity index (χ1n) is 4.50. The number of halogens is 6. The van der Waals surface area contributed by atoms with Crippen LogP contribution in [0.3, 0.4) is 0 Å². The van der Waals surface area contributed by atoms with Crippen molar-refractivity contribution in [3.8, 4) is 0 Å². The van der Waals surface area contributed by atoms with Crippen LogP contribution in [-0.2, 0) is 0 Å². The molecule has 1 aliphatic carbocycles. The molecule has 1 aliphatic rings. The summed E-state index contributed by atoms with van der Waals surface area (Å²) >= 11 is 36.7. The highest BCUT2D eigenvalue weighted by Crippen LogP contribution is 2.58. The highest BCUT2D eigenvalue weighted by atomic mass is 35.5. The average Bonchev–Trinajstić information content (AvgIpc) is 2.31. The first-order chi connectivity index (χ1) is 7.25. The normalized spacial score (nSPS) is 36.0. The minimum atomic E-state index is -0.732. The van der Waals surface area contributed by atoms with Gasteiger partial charge in [-0.3, -0.25) is 0 Å². The number of rotatable bonds is 2. The molecule has 0 atom stereocenters. The van der Waals surface area contributed by atoms with Crippen molar-refractivity contribution < 1.29 is 0 Å². The van der Waals surface area contributed by atoms with Gasteiger partial charge in [-0.2, -0.15) is 0 Å².